The number of hydrogen-bond donors (Lipinski definition) is 2. The van der Waals surface area contributed by atoms with Crippen molar-refractivity contribution in [1.82, 2.24) is 10.2 Å². The molecule has 3 rings (SSSR count). The van der Waals surface area contributed by atoms with Crippen molar-refractivity contribution >= 4 is 23.3 Å². The van der Waals surface area contributed by atoms with Crippen LogP contribution in [0.25, 0.3) is 0 Å². The highest BCUT2D eigenvalue weighted by Crippen LogP contribution is 2.30. The number of anilines is 1. The van der Waals surface area contributed by atoms with Crippen LogP contribution in [0.4, 0.5) is 10.5 Å². The number of carbonyl (C=O) groups excluding carboxylic acids is 1. The van der Waals surface area contributed by atoms with Gasteiger partial charge in [0.1, 0.15) is 0 Å². The Morgan fingerprint density at radius 3 is 2.62 bits per heavy atom. The van der Waals surface area contributed by atoms with Crippen LogP contribution < -0.4 is 16.0 Å². The average molecular weight is 387 g/mol. The SMILES string of the molecule is [2H]C1([2H])N(CCC2CCC(NC(N)=O)CC2)C([2H])([2H])C([2H])([2H])N(c2cccc(C)c2Cl)C1([2H])[2H]. The fourth-order valence-electron chi connectivity index (χ4n) is 3.42. The number of amides is 2. The molecule has 3 N–H and O–H groups in total. The van der Waals surface area contributed by atoms with Gasteiger partial charge < -0.3 is 16.0 Å². The van der Waals surface area contributed by atoms with Crippen molar-refractivity contribution in [3.8, 4) is 0 Å². The molecule has 26 heavy (non-hydrogen) atoms. The maximum atomic E-state index is 11.1. The van der Waals surface area contributed by atoms with E-state index in [2.05, 4.69) is 5.32 Å². The lowest BCUT2D eigenvalue weighted by Crippen LogP contribution is -2.47. The lowest BCUT2D eigenvalue weighted by molar-refractivity contribution is 0.207. The molecule has 5 nitrogen and oxygen atoms in total. The highest BCUT2D eigenvalue weighted by Gasteiger charge is 2.24. The van der Waals surface area contributed by atoms with E-state index in [-0.39, 0.29) is 29.2 Å². The number of hydrogen-bond acceptors (Lipinski definition) is 3. The number of aryl methyl sites for hydroxylation is 1. The predicted octanol–water partition coefficient (Wildman–Crippen LogP) is 3.39. The lowest BCUT2D eigenvalue weighted by atomic mass is 9.84. The van der Waals surface area contributed by atoms with E-state index in [0.29, 0.717) is 34.6 Å². The monoisotopic (exact) mass is 386 g/mol. The first-order chi connectivity index (χ1) is 15.5. The van der Waals surface area contributed by atoms with E-state index in [4.69, 9.17) is 28.3 Å². The maximum Gasteiger partial charge on any atom is 0.312 e. The highest BCUT2D eigenvalue weighted by molar-refractivity contribution is 6.34. The molecule has 1 aromatic carbocycles. The molecule has 2 aliphatic rings. The molecule has 1 aromatic rings. The summed E-state index contributed by atoms with van der Waals surface area (Å²) in [6.07, 6.45) is 3.17. The molecule has 0 radical (unpaired) electrons. The summed E-state index contributed by atoms with van der Waals surface area (Å²) < 4.78 is 69.0. The zero-order valence-electron chi connectivity index (χ0n) is 22.9. The van der Waals surface area contributed by atoms with Crippen molar-refractivity contribution in [2.45, 2.75) is 45.1 Å². The van der Waals surface area contributed by atoms with E-state index in [1.165, 1.54) is 6.07 Å². The minimum Gasteiger partial charge on any atom is -0.368 e. The van der Waals surface area contributed by atoms with E-state index in [9.17, 15) is 4.79 Å². The number of urea groups is 1. The lowest BCUT2D eigenvalue weighted by Gasteiger charge is -2.37. The number of carbonyl (C=O) groups is 1. The molecule has 1 saturated heterocycles. The van der Waals surface area contributed by atoms with Crippen LogP contribution >= 0.6 is 11.6 Å². The van der Waals surface area contributed by atoms with Gasteiger partial charge in [0.25, 0.3) is 0 Å². The summed E-state index contributed by atoms with van der Waals surface area (Å²) in [6.45, 7) is -10.2. The van der Waals surface area contributed by atoms with Crippen LogP contribution in [0, 0.1) is 12.8 Å². The number of primary amides is 1. The van der Waals surface area contributed by atoms with Gasteiger partial charge in [0, 0.05) is 37.5 Å². The largest absolute Gasteiger partial charge is 0.368 e. The van der Waals surface area contributed by atoms with Gasteiger partial charge in [-0.3, -0.25) is 4.90 Å². The van der Waals surface area contributed by atoms with Crippen LogP contribution in [0.2, 0.25) is 5.02 Å². The average Bonchev–Trinajstić information content (AvgIpc) is 2.70. The molecule has 6 heteroatoms. The van der Waals surface area contributed by atoms with Crippen molar-refractivity contribution in [3.05, 3.63) is 28.8 Å². The third-order valence-corrected chi connectivity index (χ3v) is 5.45. The minimum atomic E-state index is -2.94. The Morgan fingerprint density at radius 1 is 1.27 bits per heavy atom. The number of piperazine rings is 1. The Balaban J connectivity index is 1.87. The van der Waals surface area contributed by atoms with E-state index in [1.807, 2.05) is 0 Å². The molecule has 0 spiro atoms. The van der Waals surface area contributed by atoms with Gasteiger partial charge in [-0.2, -0.15) is 0 Å². The Hall–Kier alpha value is -1.46. The molecule has 2 fully saturated rings. The number of nitrogens with one attached hydrogen (secondary N) is 1. The quantitative estimate of drug-likeness (QED) is 0.815. The summed E-state index contributed by atoms with van der Waals surface area (Å²) in [5, 5.41) is 2.72. The number of nitrogens with two attached hydrogens (primary N) is 1. The fourth-order valence-corrected chi connectivity index (χ4v) is 3.63. The second kappa shape index (κ2) is 8.96. The van der Waals surface area contributed by atoms with E-state index in [1.54, 1.807) is 19.1 Å². The van der Waals surface area contributed by atoms with Crippen molar-refractivity contribution < 1.29 is 15.8 Å². The van der Waals surface area contributed by atoms with Crippen molar-refractivity contribution in [1.29, 1.82) is 0 Å². The summed E-state index contributed by atoms with van der Waals surface area (Å²) in [4.78, 5) is 12.2. The Morgan fingerprint density at radius 2 is 1.96 bits per heavy atom. The normalized spacial score (nSPS) is 36.8. The second-order valence-corrected chi connectivity index (χ2v) is 7.24. The molecule has 0 aromatic heterocycles. The van der Waals surface area contributed by atoms with E-state index >= 15 is 0 Å². The number of benzene rings is 1. The number of rotatable bonds is 5. The van der Waals surface area contributed by atoms with E-state index < -0.39 is 32.0 Å². The summed E-state index contributed by atoms with van der Waals surface area (Å²) in [6, 6.07) is 3.96. The van der Waals surface area contributed by atoms with Crippen LogP contribution in [-0.2, 0) is 0 Å². The van der Waals surface area contributed by atoms with Crippen LogP contribution in [0.1, 0.15) is 48.6 Å². The van der Waals surface area contributed by atoms with Crippen molar-refractivity contribution in [3.63, 3.8) is 0 Å². The van der Waals surface area contributed by atoms with Gasteiger partial charge >= 0.3 is 6.03 Å². The van der Waals surface area contributed by atoms with Crippen molar-refractivity contribution in [2.24, 2.45) is 11.7 Å². The molecule has 0 bridgehead atoms. The third-order valence-electron chi connectivity index (χ3n) is 4.96. The van der Waals surface area contributed by atoms with Crippen LogP contribution in [0.5, 0.6) is 0 Å². The number of halogens is 1. The standard InChI is InChI=1S/C20H31ClN4O/c1-15-3-2-4-18(19(15)21)25-13-11-24(12-14-25)10-9-16-5-7-17(8-6-16)23-20(22)26/h2-4,16-17H,5-14H2,1H3,(H3,22,23,26)/i11D2,12D2,13D2,14D2. The molecule has 0 atom stereocenters. The Labute approximate surface area is 173 Å². The zero-order valence-corrected chi connectivity index (χ0v) is 15.6. The van der Waals surface area contributed by atoms with Gasteiger partial charge in [-0.15, -0.1) is 0 Å². The van der Waals surface area contributed by atoms with Gasteiger partial charge in [-0.25, -0.2) is 4.79 Å². The third kappa shape index (κ3) is 5.04. The smallest absolute Gasteiger partial charge is 0.312 e. The Bertz CT molecular complexity index is 896. The maximum absolute atomic E-state index is 11.1. The predicted molar refractivity (Wildman–Crippen MR) is 108 cm³/mol. The zero-order chi connectivity index (χ0) is 25.7. The molecule has 144 valence electrons. The molecule has 1 aliphatic carbocycles. The van der Waals surface area contributed by atoms with Crippen LogP contribution in [0.15, 0.2) is 18.2 Å². The summed E-state index contributed by atoms with van der Waals surface area (Å²) in [7, 11) is 0. The van der Waals surface area contributed by atoms with Crippen molar-refractivity contribution in [2.75, 3.05) is 37.4 Å². The Kier molecular flexibility index (Phi) is 3.93. The summed E-state index contributed by atoms with van der Waals surface area (Å²) >= 11 is 6.34. The fraction of sp³-hybridized carbons (Fsp3) is 0.650. The molecular formula is C20H31ClN4O. The van der Waals surface area contributed by atoms with Gasteiger partial charge in [0.15, 0.2) is 0 Å². The second-order valence-electron chi connectivity index (χ2n) is 6.86. The molecule has 1 aliphatic heterocycles. The van der Waals surface area contributed by atoms with Crippen LogP contribution in [-0.4, -0.2) is 49.5 Å². The van der Waals surface area contributed by atoms with Gasteiger partial charge in [0.05, 0.1) is 16.2 Å². The molecule has 2 amide bonds. The molecular weight excluding hydrogens is 348 g/mol. The summed E-state index contributed by atoms with van der Waals surface area (Å²) in [5.41, 5.74) is 5.60. The van der Waals surface area contributed by atoms with E-state index in [0.717, 1.165) is 12.8 Å². The van der Waals surface area contributed by atoms with Crippen LogP contribution in [0.3, 0.4) is 0 Å². The number of nitrogens with zero attached hydrogens (tertiary/aromatic N) is 2. The molecule has 0 unspecified atom stereocenters. The first kappa shape index (κ1) is 11.4. The topological polar surface area (TPSA) is 61.6 Å². The highest BCUT2D eigenvalue weighted by atomic mass is 35.5. The molecule has 1 saturated carbocycles. The van der Waals surface area contributed by atoms with Gasteiger partial charge in [-0.1, -0.05) is 23.7 Å². The molecule has 1 heterocycles. The van der Waals surface area contributed by atoms with Gasteiger partial charge in [-0.05, 0) is 63.1 Å². The first-order valence-electron chi connectivity index (χ1n) is 12.9. The van der Waals surface area contributed by atoms with Gasteiger partial charge in [0.2, 0.25) is 0 Å². The minimum absolute atomic E-state index is 0.0301. The first-order valence-corrected chi connectivity index (χ1v) is 9.32. The summed E-state index contributed by atoms with van der Waals surface area (Å²) in [5.74, 6) is 0.110.